The van der Waals surface area contributed by atoms with Gasteiger partial charge in [0.15, 0.2) is 0 Å². The summed E-state index contributed by atoms with van der Waals surface area (Å²) in [6.07, 6.45) is 1.44. The molecule has 0 aromatic carbocycles. The van der Waals surface area contributed by atoms with E-state index in [0.717, 1.165) is 12.8 Å². The molecule has 1 heterocycles. The van der Waals surface area contributed by atoms with Crippen LogP contribution in [-0.2, 0) is 11.2 Å². The summed E-state index contributed by atoms with van der Waals surface area (Å²) in [4.78, 5) is 1.31. The topological polar surface area (TPSA) is 33.0 Å². The Balaban J connectivity index is 2.18. The van der Waals surface area contributed by atoms with Crippen molar-refractivity contribution < 1.29 is 4.74 Å². The first kappa shape index (κ1) is 10.2. The predicted molar refractivity (Wildman–Crippen MR) is 53.7 cm³/mol. The van der Waals surface area contributed by atoms with Gasteiger partial charge in [-0.05, 0) is 17.9 Å². The zero-order valence-corrected chi connectivity index (χ0v) is 8.51. The molecule has 2 nitrogen and oxygen atoms in total. The second-order valence-corrected chi connectivity index (χ2v) is 3.76. The molecule has 1 aromatic rings. The van der Waals surface area contributed by atoms with Crippen molar-refractivity contribution in [2.24, 2.45) is 0 Å². The maximum absolute atomic E-state index is 8.61. The van der Waals surface area contributed by atoms with Crippen LogP contribution in [0.3, 0.4) is 0 Å². The number of hydrogen-bond donors (Lipinski definition) is 0. The molecule has 0 aliphatic carbocycles. The van der Waals surface area contributed by atoms with E-state index in [1.54, 1.807) is 11.3 Å². The molecule has 70 valence electrons. The highest BCUT2D eigenvalue weighted by molar-refractivity contribution is 7.09. The monoisotopic (exact) mass is 195 g/mol. The summed E-state index contributed by atoms with van der Waals surface area (Å²) in [5, 5.41) is 10.7. The lowest BCUT2D eigenvalue weighted by atomic mass is 10.3. The lowest BCUT2D eigenvalue weighted by Crippen LogP contribution is -2.10. The van der Waals surface area contributed by atoms with Crippen LogP contribution in [0, 0.1) is 11.3 Å². The quantitative estimate of drug-likeness (QED) is 0.723. The van der Waals surface area contributed by atoms with E-state index in [4.69, 9.17) is 10.00 Å². The van der Waals surface area contributed by atoms with Crippen LogP contribution in [-0.4, -0.2) is 12.7 Å². The molecule has 0 bridgehead atoms. The summed E-state index contributed by atoms with van der Waals surface area (Å²) in [7, 11) is 0. The molecule has 0 N–H and O–H groups in total. The van der Waals surface area contributed by atoms with Gasteiger partial charge in [-0.15, -0.1) is 11.3 Å². The predicted octanol–water partition coefficient (Wildman–Crippen LogP) is 2.61. The average molecular weight is 195 g/mol. The number of nitrogens with zero attached hydrogens (tertiary/aromatic N) is 1. The molecule has 0 saturated heterocycles. The minimum absolute atomic E-state index is 0.236. The lowest BCUT2D eigenvalue weighted by molar-refractivity contribution is 0.0905. The fourth-order valence-corrected chi connectivity index (χ4v) is 1.69. The summed E-state index contributed by atoms with van der Waals surface area (Å²) in [6.45, 7) is 2.60. The van der Waals surface area contributed by atoms with Gasteiger partial charge < -0.3 is 4.74 Å². The van der Waals surface area contributed by atoms with Crippen molar-refractivity contribution in [3.8, 4) is 6.07 Å². The SMILES string of the molecule is CCC(C#N)OCCc1cccs1. The van der Waals surface area contributed by atoms with Crippen LogP contribution in [0.5, 0.6) is 0 Å². The van der Waals surface area contributed by atoms with Crippen molar-refractivity contribution in [3.05, 3.63) is 22.4 Å². The normalized spacial score (nSPS) is 12.3. The summed E-state index contributed by atoms with van der Waals surface area (Å²) >= 11 is 1.73. The highest BCUT2D eigenvalue weighted by Crippen LogP contribution is 2.09. The number of nitriles is 1. The molecular weight excluding hydrogens is 182 g/mol. The largest absolute Gasteiger partial charge is 0.363 e. The Morgan fingerprint density at radius 2 is 2.54 bits per heavy atom. The Morgan fingerprint density at radius 1 is 1.69 bits per heavy atom. The van der Waals surface area contributed by atoms with Gasteiger partial charge in [-0.25, -0.2) is 0 Å². The van der Waals surface area contributed by atoms with Crippen LogP contribution in [0.4, 0.5) is 0 Å². The minimum Gasteiger partial charge on any atom is -0.363 e. The highest BCUT2D eigenvalue weighted by Gasteiger charge is 2.03. The van der Waals surface area contributed by atoms with Gasteiger partial charge in [0.2, 0.25) is 0 Å². The minimum atomic E-state index is -0.236. The highest BCUT2D eigenvalue weighted by atomic mass is 32.1. The van der Waals surface area contributed by atoms with E-state index in [9.17, 15) is 0 Å². The van der Waals surface area contributed by atoms with Crippen molar-refractivity contribution in [2.75, 3.05) is 6.61 Å². The fourth-order valence-electron chi connectivity index (χ4n) is 1.00. The Morgan fingerprint density at radius 3 is 3.08 bits per heavy atom. The van der Waals surface area contributed by atoms with Gasteiger partial charge in [-0.1, -0.05) is 13.0 Å². The molecule has 0 radical (unpaired) electrons. The fraction of sp³-hybridized carbons (Fsp3) is 0.500. The molecule has 3 heteroatoms. The lowest BCUT2D eigenvalue weighted by Gasteiger charge is -2.06. The molecule has 0 amide bonds. The second-order valence-electron chi connectivity index (χ2n) is 2.73. The zero-order chi connectivity index (χ0) is 9.52. The zero-order valence-electron chi connectivity index (χ0n) is 7.69. The Kier molecular flexibility index (Phi) is 4.52. The van der Waals surface area contributed by atoms with Gasteiger partial charge >= 0.3 is 0 Å². The maximum Gasteiger partial charge on any atom is 0.143 e. The van der Waals surface area contributed by atoms with E-state index >= 15 is 0 Å². The molecule has 1 aromatic heterocycles. The average Bonchev–Trinajstić information content (AvgIpc) is 2.65. The van der Waals surface area contributed by atoms with E-state index < -0.39 is 0 Å². The molecule has 0 aliphatic rings. The number of ether oxygens (including phenoxy) is 1. The Labute approximate surface area is 82.8 Å². The van der Waals surface area contributed by atoms with Crippen molar-refractivity contribution in [3.63, 3.8) is 0 Å². The number of rotatable bonds is 5. The first-order chi connectivity index (χ1) is 6.36. The van der Waals surface area contributed by atoms with Gasteiger partial charge in [0, 0.05) is 11.3 Å². The third-order valence-electron chi connectivity index (χ3n) is 1.76. The number of hydrogen-bond acceptors (Lipinski definition) is 3. The van der Waals surface area contributed by atoms with Gasteiger partial charge in [0.05, 0.1) is 12.7 Å². The van der Waals surface area contributed by atoms with Crippen LogP contribution in [0.15, 0.2) is 17.5 Å². The summed E-state index contributed by atoms with van der Waals surface area (Å²) < 4.78 is 5.36. The Hall–Kier alpha value is -0.850. The third kappa shape index (κ3) is 3.58. The Bertz CT molecular complexity index is 263. The van der Waals surface area contributed by atoms with Gasteiger partial charge in [0.25, 0.3) is 0 Å². The molecule has 0 saturated carbocycles. The molecular formula is C10H13NOS. The van der Waals surface area contributed by atoms with E-state index in [0.29, 0.717) is 6.61 Å². The molecule has 0 spiro atoms. The second kappa shape index (κ2) is 5.74. The third-order valence-corrected chi connectivity index (χ3v) is 2.70. The van der Waals surface area contributed by atoms with Crippen molar-refractivity contribution in [2.45, 2.75) is 25.9 Å². The first-order valence-electron chi connectivity index (χ1n) is 4.40. The maximum atomic E-state index is 8.61. The van der Waals surface area contributed by atoms with Crippen LogP contribution < -0.4 is 0 Å². The molecule has 1 atom stereocenters. The molecule has 13 heavy (non-hydrogen) atoms. The van der Waals surface area contributed by atoms with Crippen LogP contribution in [0.1, 0.15) is 18.2 Å². The van der Waals surface area contributed by atoms with Crippen molar-refractivity contribution in [1.82, 2.24) is 0 Å². The van der Waals surface area contributed by atoms with E-state index in [-0.39, 0.29) is 6.10 Å². The van der Waals surface area contributed by atoms with E-state index in [1.165, 1.54) is 4.88 Å². The van der Waals surface area contributed by atoms with Crippen LogP contribution >= 0.6 is 11.3 Å². The molecule has 1 rings (SSSR count). The first-order valence-corrected chi connectivity index (χ1v) is 5.28. The standard InChI is InChI=1S/C10H13NOS/c1-2-9(8-11)12-6-5-10-4-3-7-13-10/h3-4,7,9H,2,5-6H2,1H3. The van der Waals surface area contributed by atoms with Crippen LogP contribution in [0.25, 0.3) is 0 Å². The van der Waals surface area contributed by atoms with Crippen molar-refractivity contribution >= 4 is 11.3 Å². The smallest absolute Gasteiger partial charge is 0.143 e. The molecule has 1 unspecified atom stereocenters. The van der Waals surface area contributed by atoms with Gasteiger partial charge in [0.1, 0.15) is 6.10 Å². The van der Waals surface area contributed by atoms with Gasteiger partial charge in [-0.2, -0.15) is 5.26 Å². The summed E-state index contributed by atoms with van der Waals surface area (Å²) in [5.41, 5.74) is 0. The molecule has 0 fully saturated rings. The summed E-state index contributed by atoms with van der Waals surface area (Å²) in [6, 6.07) is 6.23. The molecule has 0 aliphatic heterocycles. The summed E-state index contributed by atoms with van der Waals surface area (Å²) in [5.74, 6) is 0. The number of thiophene rings is 1. The van der Waals surface area contributed by atoms with E-state index in [1.807, 2.05) is 13.0 Å². The van der Waals surface area contributed by atoms with E-state index in [2.05, 4.69) is 17.5 Å². The van der Waals surface area contributed by atoms with Crippen molar-refractivity contribution in [1.29, 1.82) is 5.26 Å². The van der Waals surface area contributed by atoms with Gasteiger partial charge in [-0.3, -0.25) is 0 Å². The van der Waals surface area contributed by atoms with Crippen LogP contribution in [0.2, 0.25) is 0 Å².